The van der Waals surface area contributed by atoms with Crippen LogP contribution in [0.5, 0.6) is 11.5 Å². The van der Waals surface area contributed by atoms with Gasteiger partial charge in [0, 0.05) is 24.0 Å². The van der Waals surface area contributed by atoms with Gasteiger partial charge in [-0.15, -0.1) is 0 Å². The van der Waals surface area contributed by atoms with E-state index in [0.29, 0.717) is 93.9 Å². The molecule has 8 rings (SSSR count). The van der Waals surface area contributed by atoms with Gasteiger partial charge in [-0.05, 0) is 111 Å². The third-order valence-corrected chi connectivity index (χ3v) is 12.8. The Morgan fingerprint density at radius 2 is 0.891 bits per heavy atom. The number of esters is 4. The topological polar surface area (TPSA) is 148 Å². The van der Waals surface area contributed by atoms with E-state index in [1.165, 1.54) is 17.2 Å². The highest BCUT2D eigenvalue weighted by atomic mass is 16.6. The van der Waals surface area contributed by atoms with Crippen LogP contribution in [0.15, 0.2) is 84.9 Å². The Morgan fingerprint density at radius 3 is 1.31 bits per heavy atom. The Hall–Kier alpha value is -6.23. The molecular formula is C53H56N2O9. The summed E-state index contributed by atoms with van der Waals surface area (Å²) in [5.41, 5.74) is 6.67. The van der Waals surface area contributed by atoms with Crippen molar-refractivity contribution in [1.82, 2.24) is 9.97 Å². The van der Waals surface area contributed by atoms with Gasteiger partial charge in [0.25, 0.3) is 0 Å². The summed E-state index contributed by atoms with van der Waals surface area (Å²) in [5.74, 6) is -2.31. The van der Waals surface area contributed by atoms with Crippen LogP contribution in [-0.4, -0.2) is 51.8 Å². The molecule has 2 fully saturated rings. The van der Waals surface area contributed by atoms with E-state index in [1.54, 1.807) is 24.3 Å². The maximum Gasteiger partial charge on any atom is 0.314 e. The quantitative estimate of drug-likeness (QED) is 0.0676. The smallest absolute Gasteiger partial charge is 0.314 e. The molecule has 0 atom stereocenters. The predicted octanol–water partition coefficient (Wildman–Crippen LogP) is 10.0. The van der Waals surface area contributed by atoms with Crippen LogP contribution in [0.4, 0.5) is 0 Å². The number of rotatable bonds is 16. The van der Waals surface area contributed by atoms with E-state index in [9.17, 15) is 24.0 Å². The van der Waals surface area contributed by atoms with Crippen LogP contribution in [0.1, 0.15) is 129 Å². The first-order valence-corrected chi connectivity index (χ1v) is 23.1. The Labute approximate surface area is 374 Å². The van der Waals surface area contributed by atoms with Crippen molar-refractivity contribution in [1.29, 1.82) is 0 Å². The lowest BCUT2D eigenvalue weighted by Crippen LogP contribution is -2.30. The fourth-order valence-electron chi connectivity index (χ4n) is 9.14. The molecular weight excluding hydrogens is 809 g/mol. The van der Waals surface area contributed by atoms with Crippen LogP contribution in [0.3, 0.4) is 0 Å². The molecule has 5 aromatic rings. The Kier molecular flexibility index (Phi) is 14.2. The lowest BCUT2D eigenvalue weighted by Gasteiger charge is -2.27. The SMILES string of the molecule is CCCc1ccc(CCC(=O)O[C@H]2CC[C@H](C(=O)Oc3ccc(OC(=O)[C@H]4CC[C@H](OC(=O)CCc5ccc(CCC)cc5)CC4)c4nc5c(nc34)C(=O)c3ccccc3-5)CC2)cc1. The van der Waals surface area contributed by atoms with E-state index in [-0.39, 0.29) is 58.2 Å². The van der Waals surface area contributed by atoms with Crippen molar-refractivity contribution in [3.8, 4) is 22.8 Å². The van der Waals surface area contributed by atoms with E-state index in [4.69, 9.17) is 28.9 Å². The number of ether oxygens (including phenoxy) is 4. The number of aromatic nitrogens is 2. The van der Waals surface area contributed by atoms with Gasteiger partial charge in [-0.25, -0.2) is 9.97 Å². The van der Waals surface area contributed by atoms with Gasteiger partial charge in [0.2, 0.25) is 5.78 Å². The first kappa shape index (κ1) is 44.4. The fourth-order valence-corrected chi connectivity index (χ4v) is 9.14. The van der Waals surface area contributed by atoms with Crippen molar-refractivity contribution in [3.05, 3.63) is 118 Å². The van der Waals surface area contributed by atoms with Crippen molar-refractivity contribution < 1.29 is 42.9 Å². The predicted molar refractivity (Wildman–Crippen MR) is 241 cm³/mol. The second kappa shape index (κ2) is 20.5. The standard InChI is InChI=1S/C53H56N2O9/c1-3-7-33-11-15-35(16-12-33)19-31-45(56)61-39-25-21-37(22-26-39)52(59)63-43-29-30-44(49-48(43)54-47-41-9-5-6-10-42(41)51(58)50(47)55-49)64-53(60)38-23-27-40(28-24-38)62-46(57)32-20-36-17-13-34(8-4-2)14-18-36/h5-6,9-18,29-30,37-40H,3-4,7-8,19-28,31-32H2,1-2H3/t37-,38-,39-,40-. The molecule has 64 heavy (non-hydrogen) atoms. The summed E-state index contributed by atoms with van der Waals surface area (Å²) in [6.07, 6.45) is 9.60. The van der Waals surface area contributed by atoms with Crippen molar-refractivity contribution in [2.24, 2.45) is 11.8 Å². The zero-order valence-corrected chi connectivity index (χ0v) is 36.8. The number of nitrogens with zero attached hydrogens (tertiary/aromatic N) is 2. The van der Waals surface area contributed by atoms with E-state index in [0.717, 1.165) is 36.8 Å². The molecule has 4 aromatic carbocycles. The van der Waals surface area contributed by atoms with Gasteiger partial charge in [0.05, 0.1) is 11.8 Å². The highest BCUT2D eigenvalue weighted by Gasteiger charge is 2.35. The van der Waals surface area contributed by atoms with Gasteiger partial charge in [-0.1, -0.05) is 99.5 Å². The molecule has 0 saturated heterocycles. The van der Waals surface area contributed by atoms with Crippen molar-refractivity contribution in [2.75, 3.05) is 0 Å². The fraction of sp³-hybridized carbons (Fsp3) is 0.415. The minimum atomic E-state index is -0.460. The third kappa shape index (κ3) is 10.6. The molecule has 0 aliphatic heterocycles. The van der Waals surface area contributed by atoms with Crippen LogP contribution in [0, 0.1) is 11.8 Å². The van der Waals surface area contributed by atoms with Gasteiger partial charge in [0.1, 0.15) is 34.6 Å². The molecule has 2 saturated carbocycles. The summed E-state index contributed by atoms with van der Waals surface area (Å²) >= 11 is 0. The van der Waals surface area contributed by atoms with E-state index < -0.39 is 23.8 Å². The van der Waals surface area contributed by atoms with Crippen LogP contribution in [0.2, 0.25) is 0 Å². The molecule has 0 bridgehead atoms. The van der Waals surface area contributed by atoms with E-state index >= 15 is 0 Å². The van der Waals surface area contributed by atoms with Crippen molar-refractivity contribution in [3.63, 3.8) is 0 Å². The highest BCUT2D eigenvalue weighted by molar-refractivity contribution is 6.20. The van der Waals surface area contributed by atoms with Crippen LogP contribution in [-0.2, 0) is 54.3 Å². The average molecular weight is 865 g/mol. The van der Waals surface area contributed by atoms with Crippen molar-refractivity contribution in [2.45, 2.75) is 129 Å². The van der Waals surface area contributed by atoms with Gasteiger partial charge < -0.3 is 18.9 Å². The monoisotopic (exact) mass is 864 g/mol. The molecule has 11 heteroatoms. The Balaban J connectivity index is 0.880. The van der Waals surface area contributed by atoms with Crippen LogP contribution >= 0.6 is 0 Å². The normalized spacial score (nSPS) is 19.1. The molecule has 0 spiro atoms. The molecule has 1 heterocycles. The number of fused-ring (bicyclic) bond motifs is 4. The minimum Gasteiger partial charge on any atom is -0.462 e. The molecule has 0 unspecified atom stereocenters. The largest absolute Gasteiger partial charge is 0.462 e. The molecule has 0 radical (unpaired) electrons. The minimum absolute atomic E-state index is 0.103. The molecule has 3 aliphatic carbocycles. The molecule has 11 nitrogen and oxygen atoms in total. The van der Waals surface area contributed by atoms with Gasteiger partial charge in [-0.3, -0.25) is 24.0 Å². The van der Waals surface area contributed by atoms with Crippen LogP contribution in [0.25, 0.3) is 22.3 Å². The number of hydrogen-bond donors (Lipinski definition) is 0. The van der Waals surface area contributed by atoms with Crippen LogP contribution < -0.4 is 9.47 Å². The van der Waals surface area contributed by atoms with Gasteiger partial charge >= 0.3 is 23.9 Å². The average Bonchev–Trinajstić information content (AvgIpc) is 3.59. The second-order valence-electron chi connectivity index (χ2n) is 17.5. The van der Waals surface area contributed by atoms with Gasteiger partial charge in [0.15, 0.2) is 11.5 Å². The number of benzene rings is 4. The number of carbonyl (C=O) groups is 5. The summed E-state index contributed by atoms with van der Waals surface area (Å²) in [7, 11) is 0. The first-order valence-electron chi connectivity index (χ1n) is 23.1. The Bertz CT molecular complexity index is 2500. The molecule has 3 aliphatic rings. The van der Waals surface area contributed by atoms with Crippen molar-refractivity contribution >= 4 is 40.7 Å². The summed E-state index contributed by atoms with van der Waals surface area (Å²) in [4.78, 5) is 75.9. The summed E-state index contributed by atoms with van der Waals surface area (Å²) in [6.45, 7) is 4.30. The molecule has 0 amide bonds. The number of hydrogen-bond acceptors (Lipinski definition) is 11. The zero-order valence-electron chi connectivity index (χ0n) is 36.8. The van der Waals surface area contributed by atoms with E-state index in [1.807, 2.05) is 6.07 Å². The lowest BCUT2D eigenvalue weighted by molar-refractivity contribution is -0.153. The molecule has 332 valence electrons. The Morgan fingerprint density at radius 1 is 0.500 bits per heavy atom. The second-order valence-corrected chi connectivity index (χ2v) is 17.5. The molecule has 0 N–H and O–H groups in total. The van der Waals surface area contributed by atoms with E-state index in [2.05, 4.69) is 62.4 Å². The highest BCUT2D eigenvalue weighted by Crippen LogP contribution is 2.40. The maximum absolute atomic E-state index is 13.7. The summed E-state index contributed by atoms with van der Waals surface area (Å²) < 4.78 is 23.6. The molecule has 1 aromatic heterocycles. The number of carbonyl (C=O) groups excluding carboxylic acids is 5. The summed E-state index contributed by atoms with van der Waals surface area (Å²) in [6, 6.07) is 26.9. The summed E-state index contributed by atoms with van der Waals surface area (Å²) in [5, 5.41) is 0. The number of aryl methyl sites for hydroxylation is 4. The van der Waals surface area contributed by atoms with Gasteiger partial charge in [-0.2, -0.15) is 0 Å². The third-order valence-electron chi connectivity index (χ3n) is 12.8. The zero-order chi connectivity index (χ0) is 44.6. The lowest BCUT2D eigenvalue weighted by atomic mass is 9.87. The number of ketones is 1. The first-order chi connectivity index (χ1) is 31.1. The maximum atomic E-state index is 13.7.